The fraction of sp³-hybridized carbons (Fsp3) is 0.300. The molecule has 0 saturated carbocycles. The molecule has 0 aromatic heterocycles. The van der Waals surface area contributed by atoms with Crippen molar-refractivity contribution in [3.8, 4) is 11.5 Å². The van der Waals surface area contributed by atoms with Crippen LogP contribution in [0, 0.1) is 0 Å². The van der Waals surface area contributed by atoms with E-state index in [9.17, 15) is 9.59 Å². The molecular formula is C20H24N2O4. The summed E-state index contributed by atoms with van der Waals surface area (Å²) >= 11 is 0. The number of ether oxygens (including phenoxy) is 2. The average Bonchev–Trinajstić information content (AvgIpc) is 2.63. The van der Waals surface area contributed by atoms with Crippen LogP contribution in [0.1, 0.15) is 19.4 Å². The predicted octanol–water partition coefficient (Wildman–Crippen LogP) is 2.78. The van der Waals surface area contributed by atoms with E-state index in [1.807, 2.05) is 44.2 Å². The van der Waals surface area contributed by atoms with Crippen LogP contribution in [0.2, 0.25) is 0 Å². The lowest BCUT2D eigenvalue weighted by Crippen LogP contribution is -2.36. The first-order valence-electron chi connectivity index (χ1n) is 8.47. The normalized spacial score (nSPS) is 10.3. The van der Waals surface area contributed by atoms with Crippen LogP contribution in [0.15, 0.2) is 48.5 Å². The third kappa shape index (κ3) is 5.81. The molecule has 0 fully saturated rings. The highest BCUT2D eigenvalue weighted by Crippen LogP contribution is 2.24. The first-order chi connectivity index (χ1) is 12.5. The summed E-state index contributed by atoms with van der Waals surface area (Å²) in [6, 6.07) is 14.6. The predicted molar refractivity (Wildman–Crippen MR) is 101 cm³/mol. The molecule has 0 spiro atoms. The number of hydrogen-bond acceptors (Lipinski definition) is 4. The van der Waals surface area contributed by atoms with Gasteiger partial charge in [-0.25, -0.2) is 0 Å². The molecule has 2 N–H and O–H groups in total. The van der Waals surface area contributed by atoms with Crippen LogP contribution in [0.4, 0.5) is 5.69 Å². The number of hydrogen-bond donors (Lipinski definition) is 2. The van der Waals surface area contributed by atoms with E-state index in [0.717, 1.165) is 11.3 Å². The second kappa shape index (κ2) is 9.46. The first-order valence-corrected chi connectivity index (χ1v) is 8.47. The number of carbonyl (C=O) groups excluding carboxylic acids is 2. The Labute approximate surface area is 153 Å². The van der Waals surface area contributed by atoms with Gasteiger partial charge in [0.1, 0.15) is 11.5 Å². The minimum absolute atomic E-state index is 0.0358. The van der Waals surface area contributed by atoms with Crippen molar-refractivity contribution < 1.29 is 19.1 Å². The molecule has 0 aliphatic heterocycles. The summed E-state index contributed by atoms with van der Waals surface area (Å²) in [6.07, 6.45) is 0.585. The molecule has 0 radical (unpaired) electrons. The Bertz CT molecular complexity index is 742. The summed E-state index contributed by atoms with van der Waals surface area (Å²) in [5.74, 6) is -0.0984. The van der Waals surface area contributed by atoms with Crippen LogP contribution in [0.5, 0.6) is 11.5 Å². The van der Waals surface area contributed by atoms with Crippen molar-refractivity contribution in [3.63, 3.8) is 0 Å². The van der Waals surface area contributed by atoms with Gasteiger partial charge in [0.15, 0.2) is 0 Å². The van der Waals surface area contributed by atoms with E-state index in [4.69, 9.17) is 9.47 Å². The molecule has 2 aromatic rings. The highest BCUT2D eigenvalue weighted by atomic mass is 16.5. The van der Waals surface area contributed by atoms with E-state index in [1.54, 1.807) is 25.3 Å². The summed E-state index contributed by atoms with van der Waals surface area (Å²) in [4.78, 5) is 24.1. The highest BCUT2D eigenvalue weighted by molar-refractivity contribution is 6.39. The lowest BCUT2D eigenvalue weighted by Gasteiger charge is -2.14. The fourth-order valence-corrected chi connectivity index (χ4v) is 2.30. The number of rotatable bonds is 7. The third-order valence-corrected chi connectivity index (χ3v) is 3.56. The van der Waals surface area contributed by atoms with E-state index in [1.165, 1.54) is 0 Å². The Kier molecular flexibility index (Phi) is 7.02. The third-order valence-electron chi connectivity index (χ3n) is 3.56. The molecule has 2 amide bonds. The van der Waals surface area contributed by atoms with Gasteiger partial charge in [0.2, 0.25) is 0 Å². The van der Waals surface area contributed by atoms with Gasteiger partial charge >= 0.3 is 11.8 Å². The van der Waals surface area contributed by atoms with Gasteiger partial charge in [-0.1, -0.05) is 24.3 Å². The van der Waals surface area contributed by atoms with Gasteiger partial charge in [-0.3, -0.25) is 9.59 Å². The molecule has 0 bridgehead atoms. The van der Waals surface area contributed by atoms with Crippen molar-refractivity contribution in [1.82, 2.24) is 5.32 Å². The smallest absolute Gasteiger partial charge is 0.313 e. The molecule has 0 atom stereocenters. The minimum Gasteiger partial charge on any atom is -0.497 e. The SMILES string of the molecule is COc1ccc(CCNC(=O)C(=O)Nc2ccccc2OC(C)C)cc1. The number of methoxy groups -OCH3 is 1. The Hall–Kier alpha value is -3.02. The first kappa shape index (κ1) is 19.3. The van der Waals surface area contributed by atoms with Gasteiger partial charge in [0.05, 0.1) is 18.9 Å². The van der Waals surface area contributed by atoms with E-state index < -0.39 is 11.8 Å². The number of amides is 2. The number of anilines is 1. The van der Waals surface area contributed by atoms with E-state index >= 15 is 0 Å². The molecule has 0 unspecified atom stereocenters. The standard InChI is InChI=1S/C20H24N2O4/c1-14(2)26-18-7-5-4-6-17(18)22-20(24)19(23)21-13-12-15-8-10-16(25-3)11-9-15/h4-11,14H,12-13H2,1-3H3,(H,21,23)(H,22,24). The van der Waals surface area contributed by atoms with Crippen LogP contribution in [0.25, 0.3) is 0 Å². The van der Waals surface area contributed by atoms with Crippen molar-refractivity contribution in [1.29, 1.82) is 0 Å². The maximum atomic E-state index is 12.1. The molecule has 6 nitrogen and oxygen atoms in total. The quantitative estimate of drug-likeness (QED) is 0.748. The molecule has 0 saturated heterocycles. The van der Waals surface area contributed by atoms with Crippen molar-refractivity contribution in [2.24, 2.45) is 0 Å². The molecule has 0 aliphatic rings. The van der Waals surface area contributed by atoms with Crippen molar-refractivity contribution in [2.75, 3.05) is 19.0 Å². The molecule has 26 heavy (non-hydrogen) atoms. The molecule has 2 rings (SSSR count). The molecule has 0 heterocycles. The Morgan fingerprint density at radius 2 is 1.69 bits per heavy atom. The zero-order chi connectivity index (χ0) is 18.9. The highest BCUT2D eigenvalue weighted by Gasteiger charge is 2.15. The monoisotopic (exact) mass is 356 g/mol. The number of benzene rings is 2. The van der Waals surface area contributed by atoms with E-state index in [-0.39, 0.29) is 6.10 Å². The second-order valence-corrected chi connectivity index (χ2v) is 5.97. The molecule has 0 aliphatic carbocycles. The van der Waals surface area contributed by atoms with Crippen molar-refractivity contribution in [3.05, 3.63) is 54.1 Å². The lowest BCUT2D eigenvalue weighted by atomic mass is 10.1. The zero-order valence-corrected chi connectivity index (χ0v) is 15.2. The fourth-order valence-electron chi connectivity index (χ4n) is 2.30. The number of para-hydroxylation sites is 2. The van der Waals surface area contributed by atoms with E-state index in [2.05, 4.69) is 10.6 Å². The van der Waals surface area contributed by atoms with Crippen LogP contribution < -0.4 is 20.1 Å². The Morgan fingerprint density at radius 3 is 2.35 bits per heavy atom. The van der Waals surface area contributed by atoms with Gasteiger partial charge in [-0.2, -0.15) is 0 Å². The number of nitrogens with one attached hydrogen (secondary N) is 2. The van der Waals surface area contributed by atoms with Crippen LogP contribution in [0.3, 0.4) is 0 Å². The average molecular weight is 356 g/mol. The Morgan fingerprint density at radius 1 is 1.00 bits per heavy atom. The molecular weight excluding hydrogens is 332 g/mol. The maximum Gasteiger partial charge on any atom is 0.313 e. The van der Waals surface area contributed by atoms with Gasteiger partial charge in [-0.15, -0.1) is 0 Å². The van der Waals surface area contributed by atoms with E-state index in [0.29, 0.717) is 24.4 Å². The molecule has 2 aromatic carbocycles. The number of carbonyl (C=O) groups is 2. The van der Waals surface area contributed by atoms with Crippen LogP contribution in [-0.4, -0.2) is 31.6 Å². The van der Waals surface area contributed by atoms with Gasteiger partial charge in [-0.05, 0) is 50.1 Å². The van der Waals surface area contributed by atoms with Crippen molar-refractivity contribution >= 4 is 17.5 Å². The summed E-state index contributed by atoms with van der Waals surface area (Å²) in [7, 11) is 1.61. The maximum absolute atomic E-state index is 12.1. The van der Waals surface area contributed by atoms with Gasteiger partial charge in [0, 0.05) is 6.54 Å². The largest absolute Gasteiger partial charge is 0.497 e. The Balaban J connectivity index is 1.85. The van der Waals surface area contributed by atoms with Gasteiger partial charge in [0.25, 0.3) is 0 Å². The van der Waals surface area contributed by atoms with Crippen LogP contribution in [-0.2, 0) is 16.0 Å². The second-order valence-electron chi connectivity index (χ2n) is 5.97. The lowest BCUT2D eigenvalue weighted by molar-refractivity contribution is -0.136. The minimum atomic E-state index is -0.723. The summed E-state index contributed by atoms with van der Waals surface area (Å²) in [6.45, 7) is 4.15. The zero-order valence-electron chi connectivity index (χ0n) is 15.2. The molecule has 138 valence electrons. The van der Waals surface area contributed by atoms with Crippen LogP contribution >= 0.6 is 0 Å². The summed E-state index contributed by atoms with van der Waals surface area (Å²) in [5.41, 5.74) is 1.51. The summed E-state index contributed by atoms with van der Waals surface area (Å²) in [5, 5.41) is 5.20. The van der Waals surface area contributed by atoms with Gasteiger partial charge < -0.3 is 20.1 Å². The topological polar surface area (TPSA) is 76.7 Å². The summed E-state index contributed by atoms with van der Waals surface area (Å²) < 4.78 is 10.7. The molecule has 6 heteroatoms. The van der Waals surface area contributed by atoms with Crippen molar-refractivity contribution in [2.45, 2.75) is 26.4 Å².